The van der Waals surface area contributed by atoms with Crippen LogP contribution in [0.25, 0.3) is 0 Å². The summed E-state index contributed by atoms with van der Waals surface area (Å²) in [5, 5.41) is 77.2. The number of hydrogen-bond acceptors (Lipinski definition) is 15. The Kier molecular flexibility index (Phi) is 13.6. The third-order valence-electron chi connectivity index (χ3n) is 6.90. The second-order valence-corrected chi connectivity index (χ2v) is 10.4. The average Bonchev–Trinajstić information content (AvgIpc) is 2.93. The molecule has 2 fully saturated rings. The molecule has 0 aliphatic carbocycles. The highest BCUT2D eigenvalue weighted by atomic mass is 16.7. The van der Waals surface area contributed by atoms with E-state index in [0.29, 0.717) is 0 Å². The lowest BCUT2D eigenvalue weighted by atomic mass is 9.95. The van der Waals surface area contributed by atoms with Gasteiger partial charge in [0.25, 0.3) is 0 Å². The number of rotatable bonds is 13. The van der Waals surface area contributed by atoms with Crippen LogP contribution in [0.2, 0.25) is 0 Å². The summed E-state index contributed by atoms with van der Waals surface area (Å²) in [5.41, 5.74) is 5.60. The van der Waals surface area contributed by atoms with E-state index in [1.54, 1.807) is 0 Å². The van der Waals surface area contributed by atoms with Gasteiger partial charge in [-0.1, -0.05) is 0 Å². The SMILES string of the molecule is CC(=O)N[C@H]1[C@@H](O[C@H](C)[C@H](NC(=O)[C@H](C)N)C(=O)N[C@@H](C)C(=O)O)O[C@H](CO)[C@H](O)[C@@H]1O[C@@H]1O[C@H](CO)[C@H](O)[C@H](O)[C@H]1O. The van der Waals surface area contributed by atoms with Crippen LogP contribution < -0.4 is 21.7 Å². The first-order valence-electron chi connectivity index (χ1n) is 13.5. The van der Waals surface area contributed by atoms with Gasteiger partial charge in [0.15, 0.2) is 12.6 Å². The van der Waals surface area contributed by atoms with E-state index in [-0.39, 0.29) is 0 Å². The van der Waals surface area contributed by atoms with Crippen molar-refractivity contribution in [2.45, 2.75) is 113 Å². The molecule has 0 spiro atoms. The van der Waals surface area contributed by atoms with Gasteiger partial charge in [-0.2, -0.15) is 0 Å². The van der Waals surface area contributed by atoms with Gasteiger partial charge in [0.1, 0.15) is 60.9 Å². The number of ether oxygens (including phenoxy) is 4. The molecule has 0 unspecified atom stereocenters. The standard InChI is InChI=1S/C24H42N4O15/c1-7(25)20(36)28-13(21(37)26-8(2)22(38)39)9(3)40-23-14(27-10(4)31)19(16(33)12(6-30)41-23)43-24-18(35)17(34)15(32)11(5-29)42-24/h7-9,11-19,23-24,29-30,32-35H,5-6,25H2,1-4H3,(H,26,37)(H,27,31)(H,28,36)(H,38,39)/t7-,8-,9+,11+,12+,13-,14+,15-,16-,17-,18+,19+,23-,24-/m0/s1. The van der Waals surface area contributed by atoms with Crippen LogP contribution in [0.5, 0.6) is 0 Å². The molecule has 2 aliphatic rings. The van der Waals surface area contributed by atoms with Gasteiger partial charge in [-0.15, -0.1) is 0 Å². The predicted molar refractivity (Wildman–Crippen MR) is 139 cm³/mol. The first kappa shape index (κ1) is 36.6. The van der Waals surface area contributed by atoms with E-state index in [1.807, 2.05) is 0 Å². The molecule has 14 atom stereocenters. The Bertz CT molecular complexity index is 971. The zero-order chi connectivity index (χ0) is 32.8. The van der Waals surface area contributed by atoms with Gasteiger partial charge in [0.05, 0.1) is 25.4 Å². The first-order valence-corrected chi connectivity index (χ1v) is 13.5. The lowest BCUT2D eigenvalue weighted by molar-refractivity contribution is -0.347. The molecule has 19 heteroatoms. The fraction of sp³-hybridized carbons (Fsp3) is 0.833. The van der Waals surface area contributed by atoms with Crippen molar-refractivity contribution in [3.63, 3.8) is 0 Å². The molecule has 0 radical (unpaired) electrons. The molecule has 0 saturated carbocycles. The monoisotopic (exact) mass is 626 g/mol. The molecule has 0 aromatic rings. The van der Waals surface area contributed by atoms with E-state index < -0.39 is 122 Å². The lowest BCUT2D eigenvalue weighted by Crippen LogP contribution is -2.69. The Morgan fingerprint density at radius 3 is 1.91 bits per heavy atom. The van der Waals surface area contributed by atoms with Crippen molar-refractivity contribution in [2.75, 3.05) is 13.2 Å². The average molecular weight is 627 g/mol. The second kappa shape index (κ2) is 16.0. The minimum absolute atomic E-state index is 0.693. The van der Waals surface area contributed by atoms with E-state index in [2.05, 4.69) is 16.0 Å². The van der Waals surface area contributed by atoms with Crippen LogP contribution in [0.1, 0.15) is 27.7 Å². The zero-order valence-corrected chi connectivity index (χ0v) is 24.0. The quantitative estimate of drug-likeness (QED) is 0.0905. The molecular weight excluding hydrogens is 584 g/mol. The highest BCUT2D eigenvalue weighted by Crippen LogP contribution is 2.30. The van der Waals surface area contributed by atoms with Crippen LogP contribution in [-0.4, -0.2) is 158 Å². The summed E-state index contributed by atoms with van der Waals surface area (Å²) in [4.78, 5) is 48.8. The van der Waals surface area contributed by atoms with Gasteiger partial charge in [-0.3, -0.25) is 19.2 Å². The van der Waals surface area contributed by atoms with Crippen LogP contribution in [-0.2, 0) is 38.1 Å². The molecule has 12 N–H and O–H groups in total. The maximum absolute atomic E-state index is 13.0. The minimum atomic E-state index is -1.89. The summed E-state index contributed by atoms with van der Waals surface area (Å²) in [5.74, 6) is -3.83. The number of aliphatic hydroxyl groups excluding tert-OH is 6. The van der Waals surface area contributed by atoms with E-state index in [9.17, 15) is 54.9 Å². The summed E-state index contributed by atoms with van der Waals surface area (Å²) in [6.45, 7) is 3.32. The van der Waals surface area contributed by atoms with Crippen molar-refractivity contribution in [1.82, 2.24) is 16.0 Å². The van der Waals surface area contributed by atoms with Crippen LogP contribution in [0.15, 0.2) is 0 Å². The fourth-order valence-corrected chi connectivity index (χ4v) is 4.40. The highest BCUT2D eigenvalue weighted by Gasteiger charge is 2.52. The first-order chi connectivity index (χ1) is 20.0. The molecule has 43 heavy (non-hydrogen) atoms. The molecule has 2 heterocycles. The number of carbonyl (C=O) groups is 4. The maximum atomic E-state index is 13.0. The topological polar surface area (TPSA) is 309 Å². The van der Waals surface area contributed by atoms with Crippen molar-refractivity contribution in [3.8, 4) is 0 Å². The highest BCUT2D eigenvalue weighted by molar-refractivity contribution is 5.91. The summed E-state index contributed by atoms with van der Waals surface area (Å²) in [7, 11) is 0. The Morgan fingerprint density at radius 2 is 1.40 bits per heavy atom. The molecule has 2 saturated heterocycles. The van der Waals surface area contributed by atoms with E-state index in [4.69, 9.17) is 24.7 Å². The largest absolute Gasteiger partial charge is 0.480 e. The van der Waals surface area contributed by atoms with Gasteiger partial charge in [-0.25, -0.2) is 0 Å². The number of carboxylic acid groups (broad SMARTS) is 1. The number of amides is 3. The van der Waals surface area contributed by atoms with Crippen LogP contribution in [0.4, 0.5) is 0 Å². The van der Waals surface area contributed by atoms with Crippen molar-refractivity contribution in [1.29, 1.82) is 0 Å². The third kappa shape index (κ3) is 9.22. The number of hydrogen-bond donors (Lipinski definition) is 11. The lowest BCUT2D eigenvalue weighted by Gasteiger charge is -2.48. The van der Waals surface area contributed by atoms with Gasteiger partial charge >= 0.3 is 5.97 Å². The molecule has 3 amide bonds. The number of carbonyl (C=O) groups excluding carboxylic acids is 3. The van der Waals surface area contributed by atoms with Crippen LogP contribution in [0.3, 0.4) is 0 Å². The Morgan fingerprint density at radius 1 is 0.837 bits per heavy atom. The number of carboxylic acids is 1. The summed E-state index contributed by atoms with van der Waals surface area (Å²) >= 11 is 0. The molecule has 2 rings (SSSR count). The fourth-order valence-electron chi connectivity index (χ4n) is 4.40. The van der Waals surface area contributed by atoms with Gasteiger partial charge < -0.3 is 76.4 Å². The summed E-state index contributed by atoms with van der Waals surface area (Å²) in [6, 6.07) is -5.47. The van der Waals surface area contributed by atoms with Crippen molar-refractivity contribution in [3.05, 3.63) is 0 Å². The summed E-state index contributed by atoms with van der Waals surface area (Å²) < 4.78 is 22.6. The Hall–Kier alpha value is -2.56. The van der Waals surface area contributed by atoms with Gasteiger partial charge in [0, 0.05) is 6.92 Å². The van der Waals surface area contributed by atoms with E-state index in [0.717, 1.165) is 6.92 Å². The molecule has 0 aromatic carbocycles. The zero-order valence-electron chi connectivity index (χ0n) is 24.0. The number of nitrogens with two attached hydrogens (primary N) is 1. The molecule has 2 aliphatic heterocycles. The number of aliphatic carboxylic acids is 1. The molecular formula is C24H42N4O15. The normalized spacial score (nSPS) is 35.6. The van der Waals surface area contributed by atoms with Crippen molar-refractivity contribution < 1.29 is 73.9 Å². The van der Waals surface area contributed by atoms with Crippen molar-refractivity contribution in [2.24, 2.45) is 5.73 Å². The smallest absolute Gasteiger partial charge is 0.325 e. The van der Waals surface area contributed by atoms with Gasteiger partial charge in [0.2, 0.25) is 17.7 Å². The summed E-state index contributed by atoms with van der Waals surface area (Å²) in [6.07, 6.45) is -16.3. The molecule has 0 bridgehead atoms. The Balaban J connectivity index is 2.41. The molecule has 19 nitrogen and oxygen atoms in total. The molecule has 0 aromatic heterocycles. The van der Waals surface area contributed by atoms with E-state index >= 15 is 0 Å². The van der Waals surface area contributed by atoms with E-state index in [1.165, 1.54) is 20.8 Å². The van der Waals surface area contributed by atoms with Crippen molar-refractivity contribution >= 4 is 23.7 Å². The van der Waals surface area contributed by atoms with Crippen LogP contribution in [0, 0.1) is 0 Å². The second-order valence-electron chi connectivity index (χ2n) is 10.4. The van der Waals surface area contributed by atoms with Crippen LogP contribution >= 0.6 is 0 Å². The minimum Gasteiger partial charge on any atom is -0.480 e. The maximum Gasteiger partial charge on any atom is 0.325 e. The molecule has 248 valence electrons. The van der Waals surface area contributed by atoms with Gasteiger partial charge in [-0.05, 0) is 20.8 Å². The number of aliphatic hydroxyl groups is 6. The Labute approximate surface area is 246 Å². The third-order valence-corrected chi connectivity index (χ3v) is 6.90. The number of nitrogens with one attached hydrogen (secondary N) is 3. The predicted octanol–water partition coefficient (Wildman–Crippen LogP) is -6.42.